The zero-order valence-electron chi connectivity index (χ0n) is 13.6. The number of aryl methyl sites for hydroxylation is 2. The van der Waals surface area contributed by atoms with Crippen LogP contribution in [0.1, 0.15) is 29.7 Å². The maximum absolute atomic E-state index is 11.1. The second-order valence-corrected chi connectivity index (χ2v) is 5.66. The molecule has 1 atom stereocenters. The standard InChI is InChI=1S/C17H17N5O2/c1-9-14-15(11-4-6-12(7-5-11)20-10(2)23)13(8-18)16(19)24-17(14)22(3)21-9/h4-7,15H,19H2,1-3H3,(H,20,23). The molecule has 1 aromatic carbocycles. The predicted molar refractivity (Wildman–Crippen MR) is 88.0 cm³/mol. The molecule has 0 saturated carbocycles. The number of ether oxygens (including phenoxy) is 1. The molecule has 0 fully saturated rings. The molecule has 0 saturated heterocycles. The molecule has 7 heteroatoms. The fourth-order valence-corrected chi connectivity index (χ4v) is 2.97. The van der Waals surface area contributed by atoms with Crippen molar-refractivity contribution >= 4 is 11.6 Å². The van der Waals surface area contributed by atoms with E-state index in [1.165, 1.54) is 6.92 Å². The summed E-state index contributed by atoms with van der Waals surface area (Å²) in [5.41, 5.74) is 9.48. The molecule has 1 aromatic heterocycles. The Morgan fingerprint density at radius 2 is 2.08 bits per heavy atom. The van der Waals surface area contributed by atoms with Gasteiger partial charge in [0.05, 0.1) is 17.2 Å². The lowest BCUT2D eigenvalue weighted by molar-refractivity contribution is -0.114. The zero-order valence-corrected chi connectivity index (χ0v) is 13.6. The van der Waals surface area contributed by atoms with Gasteiger partial charge in [-0.25, -0.2) is 4.68 Å². The maximum Gasteiger partial charge on any atom is 0.224 e. The number of hydrogen-bond acceptors (Lipinski definition) is 5. The number of nitrogens with zero attached hydrogens (tertiary/aromatic N) is 3. The third-order valence-corrected chi connectivity index (χ3v) is 3.95. The zero-order chi connectivity index (χ0) is 17.4. The molecule has 1 aliphatic rings. The number of rotatable bonds is 2. The average Bonchev–Trinajstić information content (AvgIpc) is 2.80. The van der Waals surface area contributed by atoms with Gasteiger partial charge in [0, 0.05) is 19.7 Å². The first-order valence-corrected chi connectivity index (χ1v) is 7.41. The highest BCUT2D eigenvalue weighted by molar-refractivity contribution is 5.88. The summed E-state index contributed by atoms with van der Waals surface area (Å²) in [5, 5.41) is 16.6. The first kappa shape index (κ1) is 15.6. The molecule has 2 heterocycles. The average molecular weight is 323 g/mol. The lowest BCUT2D eigenvalue weighted by Crippen LogP contribution is -2.22. The topological polar surface area (TPSA) is 106 Å². The molecular weight excluding hydrogens is 306 g/mol. The van der Waals surface area contributed by atoms with Gasteiger partial charge in [-0.3, -0.25) is 4.79 Å². The lowest BCUT2D eigenvalue weighted by Gasteiger charge is -2.24. The van der Waals surface area contributed by atoms with Gasteiger partial charge in [-0.15, -0.1) is 0 Å². The lowest BCUT2D eigenvalue weighted by atomic mass is 9.84. The van der Waals surface area contributed by atoms with Crippen molar-refractivity contribution in [3.05, 3.63) is 52.5 Å². The molecule has 7 nitrogen and oxygen atoms in total. The van der Waals surface area contributed by atoms with Crippen LogP contribution in [-0.4, -0.2) is 15.7 Å². The molecule has 1 aliphatic heterocycles. The number of carbonyl (C=O) groups is 1. The number of benzene rings is 1. The van der Waals surface area contributed by atoms with Gasteiger partial charge in [-0.2, -0.15) is 10.4 Å². The van der Waals surface area contributed by atoms with Crippen LogP contribution in [0.2, 0.25) is 0 Å². The Balaban J connectivity index is 2.11. The normalized spacial score (nSPS) is 16.2. The number of anilines is 1. The van der Waals surface area contributed by atoms with E-state index in [0.717, 1.165) is 16.8 Å². The van der Waals surface area contributed by atoms with Gasteiger partial charge in [-0.05, 0) is 24.6 Å². The molecule has 1 amide bonds. The van der Waals surface area contributed by atoms with Crippen molar-refractivity contribution in [2.24, 2.45) is 12.8 Å². The number of fused-ring (bicyclic) bond motifs is 1. The van der Waals surface area contributed by atoms with Crippen LogP contribution in [0.15, 0.2) is 35.7 Å². The van der Waals surface area contributed by atoms with Crippen molar-refractivity contribution < 1.29 is 9.53 Å². The smallest absolute Gasteiger partial charge is 0.224 e. The number of nitrogens with one attached hydrogen (secondary N) is 1. The van der Waals surface area contributed by atoms with Crippen LogP contribution in [0, 0.1) is 18.3 Å². The number of allylic oxidation sites excluding steroid dienone is 1. The summed E-state index contributed by atoms with van der Waals surface area (Å²) in [6, 6.07) is 9.46. The third-order valence-electron chi connectivity index (χ3n) is 3.95. The molecule has 3 rings (SSSR count). The summed E-state index contributed by atoms with van der Waals surface area (Å²) in [4.78, 5) is 11.1. The molecule has 3 N–H and O–H groups in total. The van der Waals surface area contributed by atoms with E-state index >= 15 is 0 Å². The summed E-state index contributed by atoms with van der Waals surface area (Å²) >= 11 is 0. The Labute approximate surface area is 139 Å². The number of nitriles is 1. The van der Waals surface area contributed by atoms with E-state index in [9.17, 15) is 10.1 Å². The van der Waals surface area contributed by atoms with Crippen molar-refractivity contribution in [1.82, 2.24) is 9.78 Å². The highest BCUT2D eigenvalue weighted by Crippen LogP contribution is 2.43. The second-order valence-electron chi connectivity index (χ2n) is 5.66. The Morgan fingerprint density at radius 3 is 2.67 bits per heavy atom. The van der Waals surface area contributed by atoms with Crippen LogP contribution in [0.3, 0.4) is 0 Å². The van der Waals surface area contributed by atoms with Crippen molar-refractivity contribution in [3.63, 3.8) is 0 Å². The predicted octanol–water partition coefficient (Wildman–Crippen LogP) is 1.91. The highest BCUT2D eigenvalue weighted by Gasteiger charge is 2.35. The van der Waals surface area contributed by atoms with Gasteiger partial charge in [0.2, 0.25) is 17.7 Å². The summed E-state index contributed by atoms with van der Waals surface area (Å²) in [7, 11) is 1.77. The van der Waals surface area contributed by atoms with Gasteiger partial charge in [0.25, 0.3) is 0 Å². The second kappa shape index (κ2) is 5.74. The summed E-state index contributed by atoms with van der Waals surface area (Å²) in [5.74, 6) is 0.142. The summed E-state index contributed by atoms with van der Waals surface area (Å²) < 4.78 is 7.21. The number of hydrogen-bond donors (Lipinski definition) is 2. The van der Waals surface area contributed by atoms with E-state index in [4.69, 9.17) is 10.5 Å². The minimum Gasteiger partial charge on any atom is -0.422 e. The minimum absolute atomic E-state index is 0.0870. The van der Waals surface area contributed by atoms with Crippen LogP contribution < -0.4 is 15.8 Å². The van der Waals surface area contributed by atoms with Gasteiger partial charge in [0.15, 0.2) is 0 Å². The Kier molecular flexibility index (Phi) is 3.73. The quantitative estimate of drug-likeness (QED) is 0.878. The molecular formula is C17H17N5O2. The fourth-order valence-electron chi connectivity index (χ4n) is 2.97. The molecule has 0 bridgehead atoms. The first-order chi connectivity index (χ1) is 11.4. The number of aromatic nitrogens is 2. The molecule has 122 valence electrons. The monoisotopic (exact) mass is 323 g/mol. The van der Waals surface area contributed by atoms with E-state index in [2.05, 4.69) is 16.5 Å². The molecule has 24 heavy (non-hydrogen) atoms. The Bertz CT molecular complexity index is 887. The molecule has 1 unspecified atom stereocenters. The van der Waals surface area contributed by atoms with E-state index in [1.807, 2.05) is 19.1 Å². The molecule has 2 aromatic rings. The molecule has 0 spiro atoms. The van der Waals surface area contributed by atoms with Gasteiger partial charge < -0.3 is 15.8 Å². The van der Waals surface area contributed by atoms with Crippen molar-refractivity contribution in [2.75, 3.05) is 5.32 Å². The van der Waals surface area contributed by atoms with Crippen molar-refractivity contribution in [3.8, 4) is 11.9 Å². The van der Waals surface area contributed by atoms with Crippen LogP contribution in [-0.2, 0) is 11.8 Å². The minimum atomic E-state index is -0.348. The number of carbonyl (C=O) groups excluding carboxylic acids is 1. The molecule has 0 aliphatic carbocycles. The number of amides is 1. The van der Waals surface area contributed by atoms with Crippen molar-refractivity contribution in [2.45, 2.75) is 19.8 Å². The van der Waals surface area contributed by atoms with E-state index in [1.54, 1.807) is 23.9 Å². The summed E-state index contributed by atoms with van der Waals surface area (Å²) in [6.45, 7) is 3.33. The van der Waals surface area contributed by atoms with E-state index < -0.39 is 0 Å². The van der Waals surface area contributed by atoms with Gasteiger partial charge in [-0.1, -0.05) is 12.1 Å². The maximum atomic E-state index is 11.1. The SMILES string of the molecule is CC(=O)Nc1ccc(C2C(C#N)=C(N)Oc3c2c(C)nn3C)cc1. The Hall–Kier alpha value is -3.27. The summed E-state index contributed by atoms with van der Waals surface area (Å²) in [6.07, 6.45) is 0. The van der Waals surface area contributed by atoms with Crippen molar-refractivity contribution in [1.29, 1.82) is 5.26 Å². The van der Waals surface area contributed by atoms with Crippen LogP contribution in [0.4, 0.5) is 5.69 Å². The van der Waals surface area contributed by atoms with E-state index in [-0.39, 0.29) is 17.7 Å². The van der Waals surface area contributed by atoms with Crippen LogP contribution in [0.5, 0.6) is 5.88 Å². The van der Waals surface area contributed by atoms with Crippen LogP contribution >= 0.6 is 0 Å². The van der Waals surface area contributed by atoms with E-state index in [0.29, 0.717) is 17.1 Å². The molecule has 0 radical (unpaired) electrons. The van der Waals surface area contributed by atoms with Gasteiger partial charge >= 0.3 is 0 Å². The third kappa shape index (κ3) is 2.48. The Morgan fingerprint density at radius 1 is 1.42 bits per heavy atom. The van der Waals surface area contributed by atoms with Crippen LogP contribution in [0.25, 0.3) is 0 Å². The fraction of sp³-hybridized carbons (Fsp3) is 0.235. The largest absolute Gasteiger partial charge is 0.422 e. The van der Waals surface area contributed by atoms with Gasteiger partial charge in [0.1, 0.15) is 11.6 Å². The highest BCUT2D eigenvalue weighted by atomic mass is 16.5. The number of nitrogens with two attached hydrogens (primary N) is 1. The first-order valence-electron chi connectivity index (χ1n) is 7.41.